The molecule has 0 saturated carbocycles. The molecule has 0 atom stereocenters. The van der Waals surface area contributed by atoms with E-state index >= 15 is 4.39 Å². The topological polar surface area (TPSA) is 77.2 Å². The molecule has 2 aromatic carbocycles. The van der Waals surface area contributed by atoms with Crippen molar-refractivity contribution in [2.45, 2.75) is 39.7 Å². The molecular formula is C26H26FN3O3. The number of aromatic nitrogens is 3. The molecule has 33 heavy (non-hydrogen) atoms. The molecule has 0 spiro atoms. The third-order valence-electron chi connectivity index (χ3n) is 5.80. The van der Waals surface area contributed by atoms with Crippen LogP contribution in [0.4, 0.5) is 4.39 Å². The van der Waals surface area contributed by atoms with Crippen molar-refractivity contribution in [2.75, 3.05) is 7.11 Å². The number of aryl methyl sites for hydroxylation is 1. The Morgan fingerprint density at radius 2 is 1.88 bits per heavy atom. The highest BCUT2D eigenvalue weighted by Crippen LogP contribution is 2.31. The first-order valence-corrected chi connectivity index (χ1v) is 10.6. The minimum Gasteiger partial charge on any atom is -0.481 e. The van der Waals surface area contributed by atoms with E-state index in [4.69, 9.17) is 4.74 Å². The summed E-state index contributed by atoms with van der Waals surface area (Å²) in [5.74, 6) is -0.106. The Morgan fingerprint density at radius 3 is 2.52 bits per heavy atom. The molecule has 0 unspecified atom stereocenters. The van der Waals surface area contributed by atoms with E-state index in [-0.39, 0.29) is 17.4 Å². The number of hydrogen-bond acceptors (Lipinski definition) is 5. The summed E-state index contributed by atoms with van der Waals surface area (Å²) in [6, 6.07) is 12.1. The zero-order valence-electron chi connectivity index (χ0n) is 19.3. The third kappa shape index (κ3) is 4.00. The highest BCUT2D eigenvalue weighted by Gasteiger charge is 2.20. The second-order valence-electron chi connectivity index (χ2n) is 8.98. The van der Waals surface area contributed by atoms with Crippen LogP contribution < -0.4 is 10.3 Å². The Kier molecular flexibility index (Phi) is 5.76. The average Bonchev–Trinajstić information content (AvgIpc) is 2.77. The molecule has 4 aromatic rings. The van der Waals surface area contributed by atoms with E-state index in [9.17, 15) is 9.90 Å². The van der Waals surface area contributed by atoms with Crippen molar-refractivity contribution in [1.29, 1.82) is 0 Å². The summed E-state index contributed by atoms with van der Waals surface area (Å²) in [5.41, 5.74) is 3.02. The Hall–Kier alpha value is -3.58. The number of rotatable bonds is 4. The molecule has 0 aliphatic heterocycles. The van der Waals surface area contributed by atoms with Crippen LogP contribution in [0.3, 0.4) is 0 Å². The predicted molar refractivity (Wildman–Crippen MR) is 126 cm³/mol. The highest BCUT2D eigenvalue weighted by atomic mass is 19.1. The van der Waals surface area contributed by atoms with E-state index in [1.165, 1.54) is 12.3 Å². The normalized spacial score (nSPS) is 11.7. The van der Waals surface area contributed by atoms with Gasteiger partial charge in [0.1, 0.15) is 5.82 Å². The number of aliphatic hydroxyl groups excluding tert-OH is 1. The zero-order valence-corrected chi connectivity index (χ0v) is 19.3. The molecule has 0 radical (unpaired) electrons. The highest BCUT2D eigenvalue weighted by molar-refractivity contribution is 5.83. The molecule has 170 valence electrons. The fourth-order valence-electron chi connectivity index (χ4n) is 3.97. The first-order valence-electron chi connectivity index (χ1n) is 10.6. The zero-order chi connectivity index (χ0) is 23.9. The molecule has 0 bridgehead atoms. The van der Waals surface area contributed by atoms with Gasteiger partial charge in [-0.2, -0.15) is 9.78 Å². The molecular weight excluding hydrogens is 421 g/mol. The Bertz CT molecular complexity index is 1420. The van der Waals surface area contributed by atoms with Gasteiger partial charge in [0.15, 0.2) is 0 Å². The van der Waals surface area contributed by atoms with Gasteiger partial charge in [-0.15, -0.1) is 0 Å². The second kappa shape index (κ2) is 8.41. The standard InChI is InChI=1S/C26H26FN3O3/c1-15-18(9-10-23(29-15)33-5)19-7-6-8-22(20(19)14-31)30-25(32)24-16(13-28-30)11-17(12-21(24)27)26(2,3)4/h6-13,31H,14H2,1-5H3. The quantitative estimate of drug-likeness (QED) is 0.491. The maximum atomic E-state index is 15.1. The monoisotopic (exact) mass is 447 g/mol. The first kappa shape index (κ1) is 22.6. The number of methoxy groups -OCH3 is 1. The Balaban J connectivity index is 1.94. The molecule has 4 rings (SSSR count). The second-order valence-corrected chi connectivity index (χ2v) is 8.98. The number of ether oxygens (including phenoxy) is 1. The number of fused-ring (bicyclic) bond motifs is 1. The first-order chi connectivity index (χ1) is 15.7. The van der Waals surface area contributed by atoms with Crippen LogP contribution in [0.1, 0.15) is 37.6 Å². The van der Waals surface area contributed by atoms with Gasteiger partial charge in [-0.3, -0.25) is 4.79 Å². The molecule has 6 nitrogen and oxygen atoms in total. The summed E-state index contributed by atoms with van der Waals surface area (Å²) in [4.78, 5) is 17.7. The van der Waals surface area contributed by atoms with Crippen molar-refractivity contribution >= 4 is 10.8 Å². The van der Waals surface area contributed by atoms with Crippen LogP contribution in [0.5, 0.6) is 5.88 Å². The summed E-state index contributed by atoms with van der Waals surface area (Å²) < 4.78 is 21.4. The van der Waals surface area contributed by atoms with Gasteiger partial charge >= 0.3 is 0 Å². The lowest BCUT2D eigenvalue weighted by Crippen LogP contribution is -2.24. The van der Waals surface area contributed by atoms with E-state index in [2.05, 4.69) is 10.1 Å². The van der Waals surface area contributed by atoms with Crippen LogP contribution in [-0.2, 0) is 12.0 Å². The van der Waals surface area contributed by atoms with Crippen molar-refractivity contribution in [3.05, 3.63) is 81.7 Å². The van der Waals surface area contributed by atoms with Crippen LogP contribution in [0.2, 0.25) is 0 Å². The predicted octanol–water partition coefficient (Wildman–Crippen LogP) is 4.69. The van der Waals surface area contributed by atoms with Crippen LogP contribution in [0.25, 0.3) is 27.6 Å². The van der Waals surface area contributed by atoms with Crippen molar-refractivity contribution in [1.82, 2.24) is 14.8 Å². The van der Waals surface area contributed by atoms with Gasteiger partial charge in [0.2, 0.25) is 5.88 Å². The summed E-state index contributed by atoms with van der Waals surface area (Å²) in [7, 11) is 1.54. The number of aliphatic hydroxyl groups is 1. The van der Waals surface area contributed by atoms with Gasteiger partial charge in [0.05, 0.1) is 31.0 Å². The molecule has 2 aromatic heterocycles. The smallest absolute Gasteiger partial charge is 0.282 e. The number of halogens is 1. The maximum absolute atomic E-state index is 15.1. The van der Waals surface area contributed by atoms with Crippen molar-refractivity contribution in [3.8, 4) is 22.7 Å². The Labute approximate surface area is 191 Å². The van der Waals surface area contributed by atoms with Gasteiger partial charge in [-0.05, 0) is 47.7 Å². The molecule has 0 aliphatic rings. The van der Waals surface area contributed by atoms with Crippen LogP contribution in [-0.4, -0.2) is 27.0 Å². The fourth-order valence-corrected chi connectivity index (χ4v) is 3.97. The van der Waals surface area contributed by atoms with E-state index in [0.717, 1.165) is 15.8 Å². The number of benzene rings is 2. The largest absolute Gasteiger partial charge is 0.481 e. The number of pyridine rings is 1. The molecule has 7 heteroatoms. The van der Waals surface area contributed by atoms with Gasteiger partial charge in [0.25, 0.3) is 5.56 Å². The van der Waals surface area contributed by atoms with Gasteiger partial charge in [-0.1, -0.05) is 32.9 Å². The summed E-state index contributed by atoms with van der Waals surface area (Å²) >= 11 is 0. The third-order valence-corrected chi connectivity index (χ3v) is 5.80. The number of hydrogen-bond donors (Lipinski definition) is 1. The minimum absolute atomic E-state index is 0.0328. The van der Waals surface area contributed by atoms with Crippen molar-refractivity contribution in [3.63, 3.8) is 0 Å². The maximum Gasteiger partial charge on any atom is 0.282 e. The summed E-state index contributed by atoms with van der Waals surface area (Å²) in [5, 5.41) is 15.0. The molecule has 0 amide bonds. The van der Waals surface area contributed by atoms with Crippen LogP contribution in [0, 0.1) is 12.7 Å². The van der Waals surface area contributed by atoms with Gasteiger partial charge in [0, 0.05) is 28.3 Å². The molecule has 0 saturated heterocycles. The SMILES string of the molecule is COc1ccc(-c2cccc(-n3ncc4cc(C(C)(C)C)cc(F)c4c3=O)c2CO)c(C)n1. The average molecular weight is 448 g/mol. The minimum atomic E-state index is -0.588. The van der Waals surface area contributed by atoms with E-state index in [1.807, 2.05) is 39.8 Å². The van der Waals surface area contributed by atoms with Crippen LogP contribution in [0.15, 0.2) is 53.5 Å². The summed E-state index contributed by atoms with van der Waals surface area (Å²) in [6.45, 7) is 7.45. The molecule has 2 heterocycles. The molecule has 0 fully saturated rings. The van der Waals surface area contributed by atoms with Crippen LogP contribution >= 0.6 is 0 Å². The lowest BCUT2D eigenvalue weighted by Gasteiger charge is -2.20. The summed E-state index contributed by atoms with van der Waals surface area (Å²) in [6.07, 6.45) is 1.49. The molecule has 1 N–H and O–H groups in total. The lowest BCUT2D eigenvalue weighted by atomic mass is 9.86. The Morgan fingerprint density at radius 1 is 1.12 bits per heavy atom. The van der Waals surface area contributed by atoms with E-state index in [1.54, 1.807) is 31.4 Å². The van der Waals surface area contributed by atoms with Gasteiger partial charge < -0.3 is 9.84 Å². The van der Waals surface area contributed by atoms with E-state index < -0.39 is 11.4 Å². The van der Waals surface area contributed by atoms with Gasteiger partial charge in [-0.25, -0.2) is 9.37 Å². The number of nitrogens with zero attached hydrogens (tertiary/aromatic N) is 3. The fraction of sp³-hybridized carbons (Fsp3) is 0.269. The van der Waals surface area contributed by atoms with E-state index in [0.29, 0.717) is 33.8 Å². The lowest BCUT2D eigenvalue weighted by molar-refractivity contribution is 0.282. The van der Waals surface area contributed by atoms with Crippen molar-refractivity contribution in [2.24, 2.45) is 0 Å². The molecule has 0 aliphatic carbocycles. The van der Waals surface area contributed by atoms with Crippen molar-refractivity contribution < 1.29 is 14.2 Å².